The lowest BCUT2D eigenvalue weighted by atomic mass is 10.2. The zero-order valence-electron chi connectivity index (χ0n) is 6.75. The van der Waals surface area contributed by atoms with Crippen molar-refractivity contribution in [2.24, 2.45) is 0 Å². The van der Waals surface area contributed by atoms with Crippen molar-refractivity contribution in [3.8, 4) is 6.07 Å². The molecule has 3 nitrogen and oxygen atoms in total. The topological polar surface area (TPSA) is 61.8 Å². The van der Waals surface area contributed by atoms with Gasteiger partial charge in [0.15, 0.2) is 0 Å². The molecule has 1 aromatic carbocycles. The molecule has 0 heterocycles. The largest absolute Gasteiger partial charge is 0.397 e. The van der Waals surface area contributed by atoms with Crippen molar-refractivity contribution in [3.63, 3.8) is 0 Å². The van der Waals surface area contributed by atoms with Gasteiger partial charge in [-0.15, -0.1) is 0 Å². The van der Waals surface area contributed by atoms with E-state index in [4.69, 9.17) is 11.0 Å². The van der Waals surface area contributed by atoms with E-state index in [9.17, 15) is 0 Å². The normalized spacial score (nSPS) is 8.92. The van der Waals surface area contributed by atoms with Crippen LogP contribution in [0.15, 0.2) is 24.3 Å². The van der Waals surface area contributed by atoms with Gasteiger partial charge >= 0.3 is 0 Å². The minimum Gasteiger partial charge on any atom is -0.397 e. The molecule has 0 aromatic heterocycles. The summed E-state index contributed by atoms with van der Waals surface area (Å²) in [5.41, 5.74) is 7.27. The Kier molecular flexibility index (Phi) is 2.97. The van der Waals surface area contributed by atoms with Gasteiger partial charge in [0.25, 0.3) is 0 Å². The van der Waals surface area contributed by atoms with E-state index in [1.807, 2.05) is 24.3 Å². The van der Waals surface area contributed by atoms with E-state index < -0.39 is 0 Å². The minimum atomic E-state index is 0.494. The maximum absolute atomic E-state index is 8.29. The molecule has 3 heteroatoms. The van der Waals surface area contributed by atoms with Gasteiger partial charge in [0, 0.05) is 6.54 Å². The van der Waals surface area contributed by atoms with Gasteiger partial charge < -0.3 is 11.1 Å². The Hall–Kier alpha value is -1.69. The molecular weight excluding hydrogens is 150 g/mol. The summed E-state index contributed by atoms with van der Waals surface area (Å²) in [6.45, 7) is 0.644. The summed E-state index contributed by atoms with van der Waals surface area (Å²) in [5, 5.41) is 11.4. The Morgan fingerprint density at radius 2 is 2.17 bits per heavy atom. The SMILES string of the molecule is N#CCCNc1ccccc1N. The van der Waals surface area contributed by atoms with Crippen LogP contribution < -0.4 is 11.1 Å². The molecule has 0 aliphatic carbocycles. The third-order valence-electron chi connectivity index (χ3n) is 1.51. The summed E-state index contributed by atoms with van der Waals surface area (Å²) >= 11 is 0. The highest BCUT2D eigenvalue weighted by Gasteiger charge is 1.93. The van der Waals surface area contributed by atoms with Crippen LogP contribution in [-0.2, 0) is 0 Å². The fraction of sp³-hybridized carbons (Fsp3) is 0.222. The molecule has 12 heavy (non-hydrogen) atoms. The van der Waals surface area contributed by atoms with E-state index in [-0.39, 0.29) is 0 Å². The quantitative estimate of drug-likeness (QED) is 0.522. The van der Waals surface area contributed by atoms with E-state index in [0.29, 0.717) is 13.0 Å². The average molecular weight is 161 g/mol. The number of anilines is 2. The maximum Gasteiger partial charge on any atom is 0.0640 e. The first-order chi connectivity index (χ1) is 5.84. The molecule has 1 aromatic rings. The zero-order valence-corrected chi connectivity index (χ0v) is 6.75. The Morgan fingerprint density at radius 3 is 2.83 bits per heavy atom. The highest BCUT2D eigenvalue weighted by atomic mass is 14.9. The molecule has 0 saturated heterocycles. The average Bonchev–Trinajstić information content (AvgIpc) is 2.09. The van der Waals surface area contributed by atoms with E-state index >= 15 is 0 Å². The lowest BCUT2D eigenvalue weighted by Crippen LogP contribution is -2.02. The summed E-state index contributed by atoms with van der Waals surface area (Å²) in [5.74, 6) is 0. The smallest absolute Gasteiger partial charge is 0.0640 e. The van der Waals surface area contributed by atoms with Gasteiger partial charge in [0.2, 0.25) is 0 Å². The standard InChI is InChI=1S/C9H11N3/c10-6-3-7-12-9-5-2-1-4-8(9)11/h1-2,4-5,12H,3,7,11H2. The molecule has 0 spiro atoms. The molecule has 1 rings (SSSR count). The van der Waals surface area contributed by atoms with Crippen molar-refractivity contribution >= 4 is 11.4 Å². The first kappa shape index (κ1) is 8.41. The van der Waals surface area contributed by atoms with Crippen LogP contribution in [0.5, 0.6) is 0 Å². The van der Waals surface area contributed by atoms with Crippen molar-refractivity contribution in [2.75, 3.05) is 17.6 Å². The van der Waals surface area contributed by atoms with Gasteiger partial charge in [-0.1, -0.05) is 12.1 Å². The van der Waals surface area contributed by atoms with Crippen molar-refractivity contribution in [2.45, 2.75) is 6.42 Å². The molecular formula is C9H11N3. The van der Waals surface area contributed by atoms with Crippen LogP contribution in [0.3, 0.4) is 0 Å². The molecule has 0 atom stereocenters. The molecule has 0 aliphatic heterocycles. The molecule has 0 saturated carbocycles. The lowest BCUT2D eigenvalue weighted by Gasteiger charge is -2.05. The van der Waals surface area contributed by atoms with Crippen LogP contribution in [0.2, 0.25) is 0 Å². The van der Waals surface area contributed by atoms with Gasteiger partial charge in [-0.05, 0) is 12.1 Å². The molecule has 0 bridgehead atoms. The summed E-state index contributed by atoms with van der Waals surface area (Å²) < 4.78 is 0. The second-order valence-corrected chi connectivity index (χ2v) is 2.42. The van der Waals surface area contributed by atoms with Crippen LogP contribution in [0.1, 0.15) is 6.42 Å². The van der Waals surface area contributed by atoms with Crippen molar-refractivity contribution in [1.82, 2.24) is 0 Å². The fourth-order valence-electron chi connectivity index (χ4n) is 0.911. The Morgan fingerprint density at radius 1 is 1.42 bits per heavy atom. The van der Waals surface area contributed by atoms with Crippen molar-refractivity contribution in [1.29, 1.82) is 5.26 Å². The summed E-state index contributed by atoms with van der Waals surface area (Å²) in [6.07, 6.45) is 0.494. The first-order valence-electron chi connectivity index (χ1n) is 3.80. The first-order valence-corrected chi connectivity index (χ1v) is 3.80. The lowest BCUT2D eigenvalue weighted by molar-refractivity contribution is 1.08. The number of nitrogens with one attached hydrogen (secondary N) is 1. The van der Waals surface area contributed by atoms with Crippen LogP contribution in [0, 0.1) is 11.3 Å². The molecule has 0 unspecified atom stereocenters. The summed E-state index contributed by atoms with van der Waals surface area (Å²) in [7, 11) is 0. The van der Waals surface area contributed by atoms with E-state index in [0.717, 1.165) is 11.4 Å². The predicted molar refractivity (Wildman–Crippen MR) is 49.6 cm³/mol. The number of nitrogens with zero attached hydrogens (tertiary/aromatic N) is 1. The Labute approximate surface area is 71.8 Å². The van der Waals surface area contributed by atoms with Crippen LogP contribution in [0.4, 0.5) is 11.4 Å². The van der Waals surface area contributed by atoms with Gasteiger partial charge in [-0.2, -0.15) is 5.26 Å². The number of nitrogen functional groups attached to an aromatic ring is 1. The van der Waals surface area contributed by atoms with E-state index in [1.54, 1.807) is 0 Å². The molecule has 62 valence electrons. The number of rotatable bonds is 3. The third kappa shape index (κ3) is 2.17. The van der Waals surface area contributed by atoms with Gasteiger partial charge in [0.05, 0.1) is 23.9 Å². The molecule has 0 aliphatic rings. The molecule has 0 fully saturated rings. The van der Waals surface area contributed by atoms with Crippen LogP contribution >= 0.6 is 0 Å². The highest BCUT2D eigenvalue weighted by molar-refractivity contribution is 5.65. The molecule has 3 N–H and O–H groups in total. The summed E-state index contributed by atoms with van der Waals surface area (Å²) in [4.78, 5) is 0. The second kappa shape index (κ2) is 4.24. The number of hydrogen-bond acceptors (Lipinski definition) is 3. The van der Waals surface area contributed by atoms with E-state index in [1.165, 1.54) is 0 Å². The van der Waals surface area contributed by atoms with Gasteiger partial charge in [0.1, 0.15) is 0 Å². The third-order valence-corrected chi connectivity index (χ3v) is 1.51. The second-order valence-electron chi connectivity index (χ2n) is 2.42. The molecule has 0 radical (unpaired) electrons. The number of benzene rings is 1. The van der Waals surface area contributed by atoms with Gasteiger partial charge in [-0.3, -0.25) is 0 Å². The number of hydrogen-bond donors (Lipinski definition) is 2. The monoisotopic (exact) mass is 161 g/mol. The van der Waals surface area contributed by atoms with Crippen LogP contribution in [0.25, 0.3) is 0 Å². The predicted octanol–water partition coefficient (Wildman–Crippen LogP) is 1.59. The Bertz CT molecular complexity index is 288. The van der Waals surface area contributed by atoms with Crippen molar-refractivity contribution in [3.05, 3.63) is 24.3 Å². The Balaban J connectivity index is 2.53. The number of nitrogens with two attached hydrogens (primary N) is 1. The van der Waals surface area contributed by atoms with Crippen molar-refractivity contribution < 1.29 is 0 Å². The molecule has 0 amide bonds. The van der Waals surface area contributed by atoms with E-state index in [2.05, 4.69) is 11.4 Å². The van der Waals surface area contributed by atoms with Gasteiger partial charge in [-0.25, -0.2) is 0 Å². The number of para-hydroxylation sites is 2. The highest BCUT2D eigenvalue weighted by Crippen LogP contribution is 2.15. The number of nitriles is 1. The van der Waals surface area contributed by atoms with Crippen LogP contribution in [-0.4, -0.2) is 6.54 Å². The maximum atomic E-state index is 8.29. The minimum absolute atomic E-state index is 0.494. The zero-order chi connectivity index (χ0) is 8.81. The summed E-state index contributed by atoms with van der Waals surface area (Å²) in [6, 6.07) is 9.57. The fourth-order valence-corrected chi connectivity index (χ4v) is 0.911.